The summed E-state index contributed by atoms with van der Waals surface area (Å²) >= 11 is 0. The van der Waals surface area contributed by atoms with Crippen molar-refractivity contribution < 1.29 is 4.84 Å². The number of hydrogen-bond donors (Lipinski definition) is 0. The summed E-state index contributed by atoms with van der Waals surface area (Å²) in [5.41, 5.74) is 0. The first kappa shape index (κ1) is 7.03. The Morgan fingerprint density at radius 3 is 1.89 bits per heavy atom. The molecule has 1 aliphatic heterocycles. The van der Waals surface area contributed by atoms with Gasteiger partial charge in [-0.2, -0.15) is 5.06 Å². The molecule has 1 rings (SSSR count). The molecule has 0 saturated carbocycles. The van der Waals surface area contributed by atoms with Crippen molar-refractivity contribution in [1.29, 1.82) is 0 Å². The van der Waals surface area contributed by atoms with Crippen LogP contribution in [0.5, 0.6) is 0 Å². The van der Waals surface area contributed by atoms with Crippen LogP contribution in [-0.4, -0.2) is 24.3 Å². The van der Waals surface area contributed by atoms with E-state index in [1.807, 2.05) is 0 Å². The van der Waals surface area contributed by atoms with Crippen LogP contribution < -0.4 is 0 Å². The van der Waals surface area contributed by atoms with Crippen LogP contribution in [0.1, 0.15) is 26.7 Å². The van der Waals surface area contributed by atoms with Crippen molar-refractivity contribution >= 4 is 0 Å². The van der Waals surface area contributed by atoms with Crippen molar-refractivity contribution in [3.8, 4) is 0 Å². The lowest BCUT2D eigenvalue weighted by Gasteiger charge is -2.22. The van der Waals surface area contributed by atoms with Gasteiger partial charge in [-0.05, 0) is 26.7 Å². The Kier molecular flexibility index (Phi) is 2.09. The van der Waals surface area contributed by atoms with Gasteiger partial charge in [-0.15, -0.1) is 0 Å². The maximum Gasteiger partial charge on any atom is 0.0575 e. The molecule has 2 heteroatoms. The third kappa shape index (κ3) is 1.25. The molecule has 0 aromatic carbocycles. The van der Waals surface area contributed by atoms with Gasteiger partial charge in [-0.25, -0.2) is 0 Å². The van der Waals surface area contributed by atoms with Crippen molar-refractivity contribution in [3.05, 3.63) is 0 Å². The first-order valence-corrected chi connectivity index (χ1v) is 3.58. The van der Waals surface area contributed by atoms with Crippen molar-refractivity contribution in [2.45, 2.75) is 38.8 Å². The zero-order valence-corrected chi connectivity index (χ0v) is 6.42. The van der Waals surface area contributed by atoms with Crippen LogP contribution in [-0.2, 0) is 4.84 Å². The molecule has 0 bridgehead atoms. The van der Waals surface area contributed by atoms with Gasteiger partial charge >= 0.3 is 0 Å². The third-order valence-corrected chi connectivity index (χ3v) is 2.08. The number of rotatable bonds is 1. The van der Waals surface area contributed by atoms with E-state index in [4.69, 9.17) is 4.84 Å². The monoisotopic (exact) mass is 129 g/mol. The van der Waals surface area contributed by atoms with Crippen LogP contribution >= 0.6 is 0 Å². The van der Waals surface area contributed by atoms with Gasteiger partial charge in [0.2, 0.25) is 0 Å². The van der Waals surface area contributed by atoms with Crippen molar-refractivity contribution in [2.75, 3.05) is 7.11 Å². The first-order valence-electron chi connectivity index (χ1n) is 3.58. The van der Waals surface area contributed by atoms with Crippen molar-refractivity contribution in [2.24, 2.45) is 0 Å². The Morgan fingerprint density at radius 1 is 1.22 bits per heavy atom. The Bertz CT molecular complexity index is 84.9. The molecule has 0 aromatic heterocycles. The van der Waals surface area contributed by atoms with E-state index >= 15 is 0 Å². The van der Waals surface area contributed by atoms with Gasteiger partial charge in [0.1, 0.15) is 0 Å². The fourth-order valence-electron chi connectivity index (χ4n) is 1.53. The summed E-state index contributed by atoms with van der Waals surface area (Å²) in [6.07, 6.45) is 2.55. The lowest BCUT2D eigenvalue weighted by atomic mass is 10.2. The minimum Gasteiger partial charge on any atom is -0.302 e. The molecule has 0 spiro atoms. The predicted molar refractivity (Wildman–Crippen MR) is 37.0 cm³/mol. The fraction of sp³-hybridized carbons (Fsp3) is 1.00. The molecule has 0 amide bonds. The Morgan fingerprint density at radius 2 is 1.67 bits per heavy atom. The van der Waals surface area contributed by atoms with Crippen molar-refractivity contribution in [3.63, 3.8) is 0 Å². The summed E-state index contributed by atoms with van der Waals surface area (Å²) in [7, 11) is 1.75. The van der Waals surface area contributed by atoms with Crippen LogP contribution in [0.15, 0.2) is 0 Å². The molecule has 0 N–H and O–H groups in total. The Balaban J connectivity index is 2.44. The van der Waals surface area contributed by atoms with E-state index < -0.39 is 0 Å². The first-order chi connectivity index (χ1) is 4.25. The van der Waals surface area contributed by atoms with Gasteiger partial charge < -0.3 is 4.84 Å². The molecule has 1 heterocycles. The molecule has 54 valence electrons. The normalized spacial score (nSPS) is 37.7. The molecule has 1 fully saturated rings. The van der Waals surface area contributed by atoms with E-state index in [0.717, 1.165) is 0 Å². The standard InChI is InChI=1S/C7H15NO/c1-6-4-5-7(2)8(6)9-3/h6-7H,4-5H2,1-3H3/t6-,7+. The summed E-state index contributed by atoms with van der Waals surface area (Å²) in [6.45, 7) is 4.40. The summed E-state index contributed by atoms with van der Waals surface area (Å²) < 4.78 is 0. The lowest BCUT2D eigenvalue weighted by molar-refractivity contribution is -0.160. The zero-order chi connectivity index (χ0) is 6.85. The highest BCUT2D eigenvalue weighted by Crippen LogP contribution is 2.22. The van der Waals surface area contributed by atoms with E-state index in [2.05, 4.69) is 18.9 Å². The SMILES string of the molecule is CON1[C@H](C)CC[C@@H]1C. The Hall–Kier alpha value is -0.0800. The molecular weight excluding hydrogens is 114 g/mol. The minimum atomic E-state index is 0.616. The van der Waals surface area contributed by atoms with Crippen LogP contribution in [0.25, 0.3) is 0 Å². The second-order valence-corrected chi connectivity index (χ2v) is 2.82. The maximum atomic E-state index is 5.17. The zero-order valence-electron chi connectivity index (χ0n) is 6.42. The van der Waals surface area contributed by atoms with E-state index in [1.54, 1.807) is 7.11 Å². The second kappa shape index (κ2) is 2.67. The van der Waals surface area contributed by atoms with Crippen LogP contribution in [0.2, 0.25) is 0 Å². The summed E-state index contributed by atoms with van der Waals surface area (Å²) in [4.78, 5) is 5.17. The lowest BCUT2D eigenvalue weighted by Crippen LogP contribution is -2.31. The summed E-state index contributed by atoms with van der Waals surface area (Å²) in [6, 6.07) is 1.23. The molecule has 1 saturated heterocycles. The third-order valence-electron chi connectivity index (χ3n) is 2.08. The molecular formula is C7H15NO. The average molecular weight is 129 g/mol. The predicted octanol–water partition coefficient (Wildman–Crippen LogP) is 1.42. The molecule has 2 atom stereocenters. The molecule has 0 radical (unpaired) electrons. The number of hydroxylamine groups is 2. The van der Waals surface area contributed by atoms with Gasteiger partial charge in [-0.3, -0.25) is 0 Å². The summed E-state index contributed by atoms with van der Waals surface area (Å²) in [5.74, 6) is 0. The van der Waals surface area contributed by atoms with Crippen LogP contribution in [0.4, 0.5) is 0 Å². The van der Waals surface area contributed by atoms with Crippen LogP contribution in [0.3, 0.4) is 0 Å². The second-order valence-electron chi connectivity index (χ2n) is 2.82. The van der Waals surface area contributed by atoms with E-state index in [1.165, 1.54) is 12.8 Å². The van der Waals surface area contributed by atoms with Gasteiger partial charge in [0.25, 0.3) is 0 Å². The van der Waals surface area contributed by atoms with E-state index in [0.29, 0.717) is 12.1 Å². The fourth-order valence-corrected chi connectivity index (χ4v) is 1.53. The molecule has 0 aliphatic carbocycles. The molecule has 1 aliphatic rings. The van der Waals surface area contributed by atoms with Crippen molar-refractivity contribution in [1.82, 2.24) is 5.06 Å². The van der Waals surface area contributed by atoms with E-state index in [-0.39, 0.29) is 0 Å². The number of hydrogen-bond acceptors (Lipinski definition) is 2. The van der Waals surface area contributed by atoms with Gasteiger partial charge in [0.05, 0.1) is 7.11 Å². The van der Waals surface area contributed by atoms with Gasteiger partial charge in [-0.1, -0.05) is 0 Å². The average Bonchev–Trinajstić information content (AvgIpc) is 2.12. The van der Waals surface area contributed by atoms with Gasteiger partial charge in [0, 0.05) is 12.1 Å². The molecule has 0 aromatic rings. The molecule has 9 heavy (non-hydrogen) atoms. The van der Waals surface area contributed by atoms with E-state index in [9.17, 15) is 0 Å². The van der Waals surface area contributed by atoms with Gasteiger partial charge in [0.15, 0.2) is 0 Å². The van der Waals surface area contributed by atoms with Crippen LogP contribution in [0, 0.1) is 0 Å². The highest BCUT2D eigenvalue weighted by atomic mass is 16.7. The largest absolute Gasteiger partial charge is 0.302 e. The highest BCUT2D eigenvalue weighted by molar-refractivity contribution is 4.75. The number of nitrogens with zero attached hydrogens (tertiary/aromatic N) is 1. The summed E-state index contributed by atoms with van der Waals surface area (Å²) in [5, 5.41) is 2.07. The molecule has 0 unspecified atom stereocenters. The highest BCUT2D eigenvalue weighted by Gasteiger charge is 2.26. The minimum absolute atomic E-state index is 0.616. The molecule has 2 nitrogen and oxygen atoms in total. The quantitative estimate of drug-likeness (QED) is 0.531. The Labute approximate surface area is 56.8 Å². The maximum absolute atomic E-state index is 5.17. The smallest absolute Gasteiger partial charge is 0.0575 e. The topological polar surface area (TPSA) is 12.5 Å².